The van der Waals surface area contributed by atoms with Crippen LogP contribution in [0.3, 0.4) is 0 Å². The smallest absolute Gasteiger partial charge is 0.263 e. The van der Waals surface area contributed by atoms with Crippen molar-refractivity contribution in [3.05, 3.63) is 70.2 Å². The number of amides is 2. The van der Waals surface area contributed by atoms with Crippen LogP contribution in [0.2, 0.25) is 0 Å². The second-order valence-electron chi connectivity index (χ2n) is 6.87. The highest BCUT2D eigenvalue weighted by molar-refractivity contribution is 9.10. The summed E-state index contributed by atoms with van der Waals surface area (Å²) in [5, 5.41) is 7.12. The third kappa shape index (κ3) is 6.72. The van der Waals surface area contributed by atoms with E-state index in [-0.39, 0.29) is 11.8 Å². The zero-order valence-corrected chi connectivity index (χ0v) is 18.5. The number of carbonyl (C=O) groups is 2. The molecule has 0 saturated heterocycles. The Balaban J connectivity index is 1.64. The van der Waals surface area contributed by atoms with Gasteiger partial charge >= 0.3 is 0 Å². The number of hydrogen-bond acceptors (Lipinski definition) is 4. The molecular formula is C22H24BrN3O2S. The van der Waals surface area contributed by atoms with Crippen LogP contribution in [0.1, 0.15) is 41.6 Å². The lowest BCUT2D eigenvalue weighted by Crippen LogP contribution is -2.47. The van der Waals surface area contributed by atoms with Gasteiger partial charge in [-0.25, -0.2) is 5.43 Å². The summed E-state index contributed by atoms with van der Waals surface area (Å²) in [4.78, 5) is 25.4. The zero-order valence-electron chi connectivity index (χ0n) is 16.1. The number of halogens is 1. The predicted molar refractivity (Wildman–Crippen MR) is 122 cm³/mol. The van der Waals surface area contributed by atoms with Gasteiger partial charge in [-0.15, -0.1) is 0 Å². The second-order valence-corrected chi connectivity index (χ2v) is 8.75. The summed E-state index contributed by atoms with van der Waals surface area (Å²) < 4.78 is 0.694. The normalized spacial score (nSPS) is 14.3. The maximum absolute atomic E-state index is 12.7. The molecule has 0 aromatic heterocycles. The first-order valence-corrected chi connectivity index (χ1v) is 11.6. The lowest BCUT2D eigenvalue weighted by Gasteiger charge is -2.17. The van der Waals surface area contributed by atoms with E-state index in [9.17, 15) is 9.59 Å². The van der Waals surface area contributed by atoms with Gasteiger partial charge in [0.15, 0.2) is 0 Å². The Morgan fingerprint density at radius 1 is 1.03 bits per heavy atom. The van der Waals surface area contributed by atoms with Crippen molar-refractivity contribution in [1.29, 1.82) is 0 Å². The molecule has 1 fully saturated rings. The van der Waals surface area contributed by atoms with Crippen molar-refractivity contribution in [1.82, 2.24) is 10.7 Å². The maximum atomic E-state index is 12.7. The Kier molecular flexibility index (Phi) is 8.31. The van der Waals surface area contributed by atoms with Crippen molar-refractivity contribution in [3.63, 3.8) is 0 Å². The van der Waals surface area contributed by atoms with Crippen LogP contribution in [0.5, 0.6) is 0 Å². The number of benzene rings is 2. The highest BCUT2D eigenvalue weighted by Crippen LogP contribution is 2.18. The molecule has 1 unspecified atom stereocenters. The Hall–Kier alpha value is -2.12. The summed E-state index contributed by atoms with van der Waals surface area (Å²) in [7, 11) is 0. The molecule has 0 aliphatic heterocycles. The lowest BCUT2D eigenvalue weighted by molar-refractivity contribution is -0.122. The van der Waals surface area contributed by atoms with Gasteiger partial charge in [-0.3, -0.25) is 9.59 Å². The average Bonchev–Trinajstić information content (AvgIpc) is 3.26. The van der Waals surface area contributed by atoms with Crippen LogP contribution in [-0.2, 0) is 10.5 Å². The number of thioether (sulfide) groups is 1. The van der Waals surface area contributed by atoms with Crippen molar-refractivity contribution < 1.29 is 9.59 Å². The van der Waals surface area contributed by atoms with E-state index in [4.69, 9.17) is 0 Å². The molecule has 2 N–H and O–H groups in total. The molecule has 2 amide bonds. The monoisotopic (exact) mass is 473 g/mol. The van der Waals surface area contributed by atoms with E-state index in [0.29, 0.717) is 15.8 Å². The first-order valence-electron chi connectivity index (χ1n) is 9.66. The average molecular weight is 474 g/mol. The summed E-state index contributed by atoms with van der Waals surface area (Å²) in [6.07, 6.45) is 4.09. The first kappa shape index (κ1) is 21.6. The third-order valence-electron chi connectivity index (χ3n) is 4.64. The van der Waals surface area contributed by atoms with Crippen molar-refractivity contribution in [2.24, 2.45) is 5.10 Å². The molecule has 1 aliphatic rings. The van der Waals surface area contributed by atoms with E-state index in [1.165, 1.54) is 5.56 Å². The molecule has 0 bridgehead atoms. The molecule has 2 aromatic rings. The van der Waals surface area contributed by atoms with Gasteiger partial charge in [0.1, 0.15) is 6.04 Å². The molecule has 3 rings (SSSR count). The third-order valence-corrected chi connectivity index (χ3v) is 6.44. The molecule has 1 atom stereocenters. The van der Waals surface area contributed by atoms with Crippen LogP contribution in [0.4, 0.5) is 0 Å². The van der Waals surface area contributed by atoms with Gasteiger partial charge in [-0.05, 0) is 59.3 Å². The summed E-state index contributed by atoms with van der Waals surface area (Å²) in [5.74, 6) is 0.656. The van der Waals surface area contributed by atoms with Gasteiger partial charge in [0.05, 0.1) is 5.56 Å². The zero-order chi connectivity index (χ0) is 20.5. The van der Waals surface area contributed by atoms with Gasteiger partial charge in [0, 0.05) is 21.7 Å². The Morgan fingerprint density at radius 3 is 2.45 bits per heavy atom. The minimum atomic E-state index is -0.672. The number of hydrazone groups is 1. The van der Waals surface area contributed by atoms with E-state index in [1.807, 2.05) is 36.4 Å². The molecule has 1 saturated carbocycles. The topological polar surface area (TPSA) is 70.6 Å². The number of carbonyl (C=O) groups excluding carboxylic acids is 2. The number of nitrogens with one attached hydrogen (secondary N) is 2. The first-order chi connectivity index (χ1) is 14.1. The van der Waals surface area contributed by atoms with Crippen molar-refractivity contribution >= 4 is 45.2 Å². The van der Waals surface area contributed by atoms with Crippen LogP contribution in [-0.4, -0.2) is 29.3 Å². The predicted octanol–water partition coefficient (Wildman–Crippen LogP) is 4.53. The summed E-state index contributed by atoms with van der Waals surface area (Å²) >= 11 is 5.00. The summed E-state index contributed by atoms with van der Waals surface area (Å²) in [6, 6.07) is 16.6. The molecule has 0 radical (unpaired) electrons. The van der Waals surface area contributed by atoms with E-state index in [1.54, 1.807) is 30.0 Å². The molecular weight excluding hydrogens is 450 g/mol. The molecule has 0 heterocycles. The molecule has 1 aliphatic carbocycles. The number of nitrogens with zero attached hydrogens (tertiary/aromatic N) is 1. The van der Waals surface area contributed by atoms with Crippen LogP contribution in [0.15, 0.2) is 64.2 Å². The Bertz CT molecular complexity index is 865. The molecule has 152 valence electrons. The molecule has 2 aromatic carbocycles. The van der Waals surface area contributed by atoms with Gasteiger partial charge in [-0.1, -0.05) is 42.5 Å². The van der Waals surface area contributed by atoms with E-state index >= 15 is 0 Å². The van der Waals surface area contributed by atoms with Crippen LogP contribution in [0, 0.1) is 0 Å². The Morgan fingerprint density at radius 2 is 1.72 bits per heavy atom. The highest BCUT2D eigenvalue weighted by atomic mass is 79.9. The fraction of sp³-hybridized carbons (Fsp3) is 0.318. The summed E-state index contributed by atoms with van der Waals surface area (Å²) in [6.45, 7) is 0. The minimum Gasteiger partial charge on any atom is -0.339 e. The molecule has 0 spiro atoms. The Labute approximate surface area is 183 Å². The largest absolute Gasteiger partial charge is 0.339 e. The van der Waals surface area contributed by atoms with Crippen LogP contribution < -0.4 is 10.7 Å². The van der Waals surface area contributed by atoms with Gasteiger partial charge in [0.25, 0.3) is 11.8 Å². The SMILES string of the molecule is O=C(NC(CSCc1ccccc1)C(=O)NN=C1CCCC1)c1ccccc1Br. The fourth-order valence-electron chi connectivity index (χ4n) is 3.04. The number of hydrogen-bond donors (Lipinski definition) is 2. The number of rotatable bonds is 8. The lowest BCUT2D eigenvalue weighted by atomic mass is 10.2. The van der Waals surface area contributed by atoms with Gasteiger partial charge in [-0.2, -0.15) is 16.9 Å². The minimum absolute atomic E-state index is 0.286. The fourth-order valence-corrected chi connectivity index (χ4v) is 4.52. The quantitative estimate of drug-likeness (QED) is 0.553. The van der Waals surface area contributed by atoms with Crippen molar-refractivity contribution in [2.75, 3.05) is 5.75 Å². The molecule has 5 nitrogen and oxygen atoms in total. The molecule has 29 heavy (non-hydrogen) atoms. The van der Waals surface area contributed by atoms with Crippen molar-refractivity contribution in [3.8, 4) is 0 Å². The maximum Gasteiger partial charge on any atom is 0.263 e. The standard InChI is InChI=1S/C22H24BrN3O2S/c23-19-13-7-6-12-18(19)21(27)24-20(15-29-14-16-8-2-1-3-9-16)22(28)26-25-17-10-4-5-11-17/h1-3,6-9,12-13,20H,4-5,10-11,14-15H2,(H,24,27)(H,26,28). The van der Waals surface area contributed by atoms with Crippen LogP contribution in [0.25, 0.3) is 0 Å². The van der Waals surface area contributed by atoms with E-state index < -0.39 is 6.04 Å². The van der Waals surface area contributed by atoms with Crippen LogP contribution >= 0.6 is 27.7 Å². The second kappa shape index (κ2) is 11.2. The van der Waals surface area contributed by atoms with E-state index in [0.717, 1.165) is 37.1 Å². The van der Waals surface area contributed by atoms with Gasteiger partial charge < -0.3 is 5.32 Å². The summed E-state index contributed by atoms with van der Waals surface area (Å²) in [5.41, 5.74) is 5.35. The van der Waals surface area contributed by atoms with Gasteiger partial charge in [0.2, 0.25) is 0 Å². The highest BCUT2D eigenvalue weighted by Gasteiger charge is 2.23. The molecule has 7 heteroatoms. The van der Waals surface area contributed by atoms with E-state index in [2.05, 4.69) is 31.8 Å². The van der Waals surface area contributed by atoms with Crippen molar-refractivity contribution in [2.45, 2.75) is 37.5 Å².